The first-order valence-electron chi connectivity index (χ1n) is 7.69. The van der Waals surface area contributed by atoms with E-state index in [0.717, 1.165) is 0 Å². The van der Waals surface area contributed by atoms with Crippen LogP contribution in [0.15, 0.2) is 47.4 Å². The number of ether oxygens (including phenoxy) is 1. The van der Waals surface area contributed by atoms with E-state index in [9.17, 15) is 18.0 Å². The van der Waals surface area contributed by atoms with Crippen LogP contribution >= 0.6 is 0 Å². The monoisotopic (exact) mass is 364 g/mol. The zero-order valence-corrected chi connectivity index (χ0v) is 13.7. The van der Waals surface area contributed by atoms with Gasteiger partial charge in [-0.1, -0.05) is 0 Å². The molecule has 6 nitrogen and oxygen atoms in total. The highest BCUT2D eigenvalue weighted by Crippen LogP contribution is 2.21. The first-order chi connectivity index (χ1) is 12.3. The Labute approximate surface area is 146 Å². The quantitative estimate of drug-likeness (QED) is 0.770. The molecule has 0 saturated carbocycles. The second kappa shape index (κ2) is 6.75. The van der Waals surface area contributed by atoms with E-state index in [1.165, 1.54) is 35.0 Å². The lowest BCUT2D eigenvalue weighted by molar-refractivity contribution is -0.153. The van der Waals surface area contributed by atoms with Crippen molar-refractivity contribution < 1.29 is 17.9 Å². The summed E-state index contributed by atoms with van der Waals surface area (Å²) in [5, 5.41) is 0.314. The van der Waals surface area contributed by atoms with Gasteiger partial charge in [0.25, 0.3) is 5.56 Å². The molecule has 9 heteroatoms. The summed E-state index contributed by atoms with van der Waals surface area (Å²) in [4.78, 5) is 21.3. The molecule has 0 aliphatic rings. The van der Waals surface area contributed by atoms with Gasteiger partial charge in [0, 0.05) is 6.20 Å². The minimum Gasteiger partial charge on any atom is -0.484 e. The lowest BCUT2D eigenvalue weighted by Crippen LogP contribution is -2.27. The summed E-state index contributed by atoms with van der Waals surface area (Å²) in [5.74, 6) is 0.335. The van der Waals surface area contributed by atoms with Gasteiger partial charge >= 0.3 is 6.18 Å². The van der Waals surface area contributed by atoms with Gasteiger partial charge in [0.2, 0.25) is 0 Å². The smallest absolute Gasteiger partial charge is 0.422 e. The number of hydrogen-bond donors (Lipinski definition) is 1. The average Bonchev–Trinajstić information content (AvgIpc) is 2.60. The Hall–Kier alpha value is -2.94. The van der Waals surface area contributed by atoms with Crippen molar-refractivity contribution in [2.45, 2.75) is 19.1 Å². The largest absolute Gasteiger partial charge is 0.484 e. The maximum Gasteiger partial charge on any atom is 0.422 e. The molecule has 0 radical (unpaired) electrons. The molecule has 1 atom stereocenters. The van der Waals surface area contributed by atoms with Crippen molar-refractivity contribution in [2.75, 3.05) is 6.61 Å². The van der Waals surface area contributed by atoms with Crippen molar-refractivity contribution in [1.29, 1.82) is 0 Å². The minimum absolute atomic E-state index is 0.0388. The molecule has 2 aromatic heterocycles. The summed E-state index contributed by atoms with van der Waals surface area (Å²) in [6.45, 7) is 0.286. The van der Waals surface area contributed by atoms with E-state index < -0.39 is 18.8 Å². The predicted molar refractivity (Wildman–Crippen MR) is 89.3 cm³/mol. The third-order valence-electron chi connectivity index (χ3n) is 3.57. The summed E-state index contributed by atoms with van der Waals surface area (Å²) in [7, 11) is 0. The molecule has 0 aliphatic heterocycles. The van der Waals surface area contributed by atoms with Crippen molar-refractivity contribution >= 4 is 11.0 Å². The fourth-order valence-electron chi connectivity index (χ4n) is 2.45. The number of aromatic nitrogens is 3. The fourth-order valence-corrected chi connectivity index (χ4v) is 2.45. The molecule has 26 heavy (non-hydrogen) atoms. The van der Waals surface area contributed by atoms with Crippen LogP contribution in [0.25, 0.3) is 16.7 Å². The Bertz CT molecular complexity index is 982. The molecule has 0 fully saturated rings. The topological polar surface area (TPSA) is 83.0 Å². The Kier molecular flexibility index (Phi) is 4.64. The molecule has 3 aromatic rings. The molecule has 0 spiro atoms. The van der Waals surface area contributed by atoms with Crippen LogP contribution in [0.3, 0.4) is 0 Å². The third kappa shape index (κ3) is 3.67. The average molecular weight is 364 g/mol. The second-order valence-corrected chi connectivity index (χ2v) is 5.67. The number of fused-ring (bicyclic) bond motifs is 1. The molecule has 0 aliphatic carbocycles. The first kappa shape index (κ1) is 17.9. The molecule has 1 unspecified atom stereocenters. The van der Waals surface area contributed by atoms with E-state index in [-0.39, 0.29) is 17.0 Å². The Balaban J connectivity index is 2.05. The van der Waals surface area contributed by atoms with Crippen LogP contribution in [0, 0.1) is 0 Å². The van der Waals surface area contributed by atoms with E-state index in [2.05, 4.69) is 14.7 Å². The van der Waals surface area contributed by atoms with Gasteiger partial charge in [-0.15, -0.1) is 0 Å². The lowest BCUT2D eigenvalue weighted by Gasteiger charge is -2.16. The molecule has 2 heterocycles. The zero-order valence-electron chi connectivity index (χ0n) is 13.7. The maximum absolute atomic E-state index is 12.8. The molecule has 2 N–H and O–H groups in total. The van der Waals surface area contributed by atoms with Crippen molar-refractivity contribution in [3.05, 3.63) is 58.8 Å². The van der Waals surface area contributed by atoms with Crippen LogP contribution in [0.4, 0.5) is 13.2 Å². The Morgan fingerprint density at radius 3 is 2.54 bits per heavy atom. The summed E-state index contributed by atoms with van der Waals surface area (Å²) in [5.41, 5.74) is 6.28. The first-order valence-corrected chi connectivity index (χ1v) is 7.69. The second-order valence-electron chi connectivity index (χ2n) is 5.67. The number of nitrogens with zero attached hydrogens (tertiary/aromatic N) is 3. The van der Waals surface area contributed by atoms with Crippen LogP contribution in [0.5, 0.6) is 5.75 Å². The number of pyridine rings is 1. The highest BCUT2D eigenvalue weighted by Gasteiger charge is 2.28. The van der Waals surface area contributed by atoms with Gasteiger partial charge in [0.1, 0.15) is 11.6 Å². The molecule has 3 rings (SSSR count). The highest BCUT2D eigenvalue weighted by molar-refractivity contribution is 5.73. The number of hydrogen-bond acceptors (Lipinski definition) is 5. The van der Waals surface area contributed by atoms with Crippen molar-refractivity contribution in [1.82, 2.24) is 14.5 Å². The van der Waals surface area contributed by atoms with Gasteiger partial charge < -0.3 is 10.5 Å². The lowest BCUT2D eigenvalue weighted by atomic mass is 10.2. The number of nitrogens with two attached hydrogens (primary N) is 1. The summed E-state index contributed by atoms with van der Waals surface area (Å²) < 4.78 is 42.7. The molecule has 0 amide bonds. The van der Waals surface area contributed by atoms with Gasteiger partial charge in [-0.05, 0) is 43.3 Å². The van der Waals surface area contributed by atoms with Gasteiger partial charge in [-0.25, -0.2) is 9.97 Å². The van der Waals surface area contributed by atoms with Crippen LogP contribution in [0.2, 0.25) is 0 Å². The van der Waals surface area contributed by atoms with Gasteiger partial charge in [-0.2, -0.15) is 13.2 Å². The number of alkyl halides is 3. The fraction of sp³-hybridized carbons (Fsp3) is 0.235. The van der Waals surface area contributed by atoms with Gasteiger partial charge in [0.15, 0.2) is 12.3 Å². The summed E-state index contributed by atoms with van der Waals surface area (Å²) in [6.07, 6.45) is -2.90. The molecule has 1 aromatic carbocycles. The van der Waals surface area contributed by atoms with E-state index >= 15 is 0 Å². The van der Waals surface area contributed by atoms with Crippen LogP contribution < -0.4 is 16.0 Å². The highest BCUT2D eigenvalue weighted by atomic mass is 19.4. The molecular formula is C17H15F3N4O2. The van der Waals surface area contributed by atoms with Crippen molar-refractivity contribution in [3.63, 3.8) is 0 Å². The van der Waals surface area contributed by atoms with E-state index in [1.807, 2.05) is 0 Å². The van der Waals surface area contributed by atoms with E-state index in [1.54, 1.807) is 19.1 Å². The SMILES string of the molecule is CC(N)c1nc2ncccc2c(=O)n1-c1ccc(OCC(F)(F)F)cc1. The zero-order chi connectivity index (χ0) is 18.9. The third-order valence-corrected chi connectivity index (χ3v) is 3.57. The van der Waals surface area contributed by atoms with E-state index in [4.69, 9.17) is 5.73 Å². The molecule has 136 valence electrons. The van der Waals surface area contributed by atoms with Crippen LogP contribution in [-0.4, -0.2) is 27.3 Å². The van der Waals surface area contributed by atoms with E-state index in [0.29, 0.717) is 16.9 Å². The predicted octanol–water partition coefficient (Wildman–Crippen LogP) is 2.74. The molecule has 0 saturated heterocycles. The number of benzene rings is 1. The van der Waals surface area contributed by atoms with Crippen molar-refractivity contribution in [2.24, 2.45) is 5.73 Å². The summed E-state index contributed by atoms with van der Waals surface area (Å²) >= 11 is 0. The Morgan fingerprint density at radius 2 is 1.92 bits per heavy atom. The normalized spacial score (nSPS) is 13.0. The Morgan fingerprint density at radius 1 is 1.23 bits per heavy atom. The van der Waals surface area contributed by atoms with Crippen LogP contribution in [-0.2, 0) is 0 Å². The maximum atomic E-state index is 12.8. The number of halogens is 3. The van der Waals surface area contributed by atoms with Gasteiger partial charge in [0.05, 0.1) is 17.1 Å². The molecule has 0 bridgehead atoms. The van der Waals surface area contributed by atoms with Crippen LogP contribution in [0.1, 0.15) is 18.8 Å². The standard InChI is InChI=1S/C17H15F3N4O2/c1-10(21)15-23-14-13(3-2-8-22-14)16(25)24(15)11-4-6-12(7-5-11)26-9-17(18,19)20/h2-8,10H,9,21H2,1H3. The van der Waals surface area contributed by atoms with Crippen molar-refractivity contribution in [3.8, 4) is 11.4 Å². The van der Waals surface area contributed by atoms with Gasteiger partial charge in [-0.3, -0.25) is 9.36 Å². The minimum atomic E-state index is -4.42. The molecular weight excluding hydrogens is 349 g/mol. The number of rotatable bonds is 4. The summed E-state index contributed by atoms with van der Waals surface area (Å²) in [6, 6.07) is 8.31.